The smallest absolute Gasteiger partial charge is 0.232 e. The van der Waals surface area contributed by atoms with Crippen LogP contribution in [0.25, 0.3) is 0 Å². The van der Waals surface area contributed by atoms with Crippen molar-refractivity contribution in [3.63, 3.8) is 0 Å². The van der Waals surface area contributed by atoms with Crippen LogP contribution in [-0.2, 0) is 4.79 Å². The number of piperidine rings is 1. The van der Waals surface area contributed by atoms with Gasteiger partial charge in [0, 0.05) is 24.0 Å². The van der Waals surface area contributed by atoms with E-state index in [0.29, 0.717) is 17.4 Å². The van der Waals surface area contributed by atoms with Gasteiger partial charge in [-0.15, -0.1) is 11.8 Å². The molecule has 0 aromatic heterocycles. The summed E-state index contributed by atoms with van der Waals surface area (Å²) in [4.78, 5) is 14.6. The number of thioether (sulfide) groups is 1. The van der Waals surface area contributed by atoms with E-state index < -0.39 is 11.6 Å². The Hall–Kier alpha value is -1.14. The molecule has 1 heterocycles. The summed E-state index contributed by atoms with van der Waals surface area (Å²) >= 11 is 1.23. The Morgan fingerprint density at radius 1 is 1.48 bits per heavy atom. The second-order valence-corrected chi connectivity index (χ2v) is 6.51. The van der Waals surface area contributed by atoms with Gasteiger partial charge in [0.15, 0.2) is 11.6 Å². The minimum Gasteiger partial charge on any atom is -0.342 e. The van der Waals surface area contributed by atoms with Crippen LogP contribution in [0, 0.1) is 17.6 Å². The number of halogens is 2. The summed E-state index contributed by atoms with van der Waals surface area (Å²) < 4.78 is 25.9. The molecule has 3 nitrogen and oxygen atoms in total. The van der Waals surface area contributed by atoms with Crippen LogP contribution in [0.3, 0.4) is 0 Å². The third-order valence-electron chi connectivity index (χ3n) is 3.81. The summed E-state index contributed by atoms with van der Waals surface area (Å²) in [6.45, 7) is 3.41. The first-order valence-corrected chi connectivity index (χ1v) is 8.07. The molecule has 2 N–H and O–H groups in total. The maximum Gasteiger partial charge on any atom is 0.232 e. The highest BCUT2D eigenvalue weighted by molar-refractivity contribution is 8.00. The first kappa shape index (κ1) is 16.2. The van der Waals surface area contributed by atoms with Crippen molar-refractivity contribution in [2.75, 3.05) is 18.8 Å². The maximum atomic E-state index is 13.1. The lowest BCUT2D eigenvalue weighted by Crippen LogP contribution is -2.45. The summed E-state index contributed by atoms with van der Waals surface area (Å²) in [5.41, 5.74) is 5.90. The summed E-state index contributed by atoms with van der Waals surface area (Å²) in [5.74, 6) is -1.16. The number of carbonyl (C=O) groups excluding carboxylic acids is 1. The molecule has 21 heavy (non-hydrogen) atoms. The Bertz CT molecular complexity index is 510. The van der Waals surface area contributed by atoms with Crippen LogP contribution in [0.2, 0.25) is 0 Å². The molecule has 0 radical (unpaired) electrons. The summed E-state index contributed by atoms with van der Waals surface area (Å²) in [5, 5.41) is 0. The van der Waals surface area contributed by atoms with Gasteiger partial charge in [0.25, 0.3) is 0 Å². The number of likely N-dealkylation sites (tertiary alicyclic amines) is 1. The highest BCUT2D eigenvalue weighted by Crippen LogP contribution is 2.23. The van der Waals surface area contributed by atoms with E-state index in [0.717, 1.165) is 31.5 Å². The van der Waals surface area contributed by atoms with Crippen LogP contribution >= 0.6 is 11.8 Å². The standard InChI is InChI=1S/C15H20F2N2OS/c1-10(18)11-3-2-6-19(8-11)15(20)9-21-12-4-5-13(16)14(17)7-12/h4-5,7,10-11H,2-3,6,8-9,18H2,1H3. The first-order chi connectivity index (χ1) is 9.97. The summed E-state index contributed by atoms with van der Waals surface area (Å²) in [7, 11) is 0. The van der Waals surface area contributed by atoms with E-state index in [1.807, 2.05) is 11.8 Å². The molecule has 6 heteroatoms. The number of carbonyl (C=O) groups is 1. The van der Waals surface area contributed by atoms with Gasteiger partial charge in [-0.25, -0.2) is 8.78 Å². The molecular weight excluding hydrogens is 294 g/mol. The summed E-state index contributed by atoms with van der Waals surface area (Å²) in [6, 6.07) is 3.76. The molecule has 1 aromatic carbocycles. The predicted molar refractivity (Wildman–Crippen MR) is 80.0 cm³/mol. The van der Waals surface area contributed by atoms with E-state index in [-0.39, 0.29) is 17.7 Å². The third-order valence-corrected chi connectivity index (χ3v) is 4.79. The molecule has 0 aliphatic carbocycles. The van der Waals surface area contributed by atoms with Crippen molar-refractivity contribution in [3.05, 3.63) is 29.8 Å². The normalized spacial score (nSPS) is 20.4. The van der Waals surface area contributed by atoms with Crippen molar-refractivity contribution in [1.82, 2.24) is 4.90 Å². The Labute approximate surface area is 127 Å². The number of hydrogen-bond donors (Lipinski definition) is 1. The number of benzene rings is 1. The second kappa shape index (κ2) is 7.22. The molecule has 1 aromatic rings. The molecule has 2 rings (SSSR count). The van der Waals surface area contributed by atoms with Gasteiger partial charge in [0.05, 0.1) is 5.75 Å². The third kappa shape index (κ3) is 4.41. The van der Waals surface area contributed by atoms with Crippen LogP contribution in [0.4, 0.5) is 8.78 Å². The van der Waals surface area contributed by atoms with Crippen LogP contribution in [0.1, 0.15) is 19.8 Å². The van der Waals surface area contributed by atoms with Crippen LogP contribution < -0.4 is 5.73 Å². The molecule has 1 fully saturated rings. The number of nitrogens with two attached hydrogens (primary N) is 1. The lowest BCUT2D eigenvalue weighted by atomic mass is 9.92. The maximum absolute atomic E-state index is 13.1. The SMILES string of the molecule is CC(N)C1CCCN(C(=O)CSc2ccc(F)c(F)c2)C1. The average molecular weight is 314 g/mol. The van der Waals surface area contributed by atoms with Gasteiger partial charge in [0.1, 0.15) is 0 Å². The molecule has 2 unspecified atom stereocenters. The Morgan fingerprint density at radius 2 is 2.24 bits per heavy atom. The molecule has 1 aliphatic heterocycles. The number of rotatable bonds is 4. The molecule has 116 valence electrons. The molecule has 1 saturated heterocycles. The van der Waals surface area contributed by atoms with Gasteiger partial charge in [-0.1, -0.05) is 0 Å². The van der Waals surface area contributed by atoms with Gasteiger partial charge < -0.3 is 10.6 Å². The van der Waals surface area contributed by atoms with E-state index in [4.69, 9.17) is 5.73 Å². The number of amides is 1. The molecule has 0 saturated carbocycles. The van der Waals surface area contributed by atoms with Gasteiger partial charge in [-0.05, 0) is 43.9 Å². The predicted octanol–water partition coefficient (Wildman–Crippen LogP) is 2.64. The lowest BCUT2D eigenvalue weighted by molar-refractivity contribution is -0.130. The zero-order chi connectivity index (χ0) is 15.4. The number of hydrogen-bond acceptors (Lipinski definition) is 3. The second-order valence-electron chi connectivity index (χ2n) is 5.47. The average Bonchev–Trinajstić information content (AvgIpc) is 2.48. The number of nitrogens with zero attached hydrogens (tertiary/aromatic N) is 1. The van der Waals surface area contributed by atoms with Gasteiger partial charge >= 0.3 is 0 Å². The van der Waals surface area contributed by atoms with Crippen LogP contribution in [-0.4, -0.2) is 35.7 Å². The quantitative estimate of drug-likeness (QED) is 0.869. The van der Waals surface area contributed by atoms with E-state index >= 15 is 0 Å². The minimum absolute atomic E-state index is 0.0232. The monoisotopic (exact) mass is 314 g/mol. The van der Waals surface area contributed by atoms with Crippen molar-refractivity contribution in [2.24, 2.45) is 11.7 Å². The highest BCUT2D eigenvalue weighted by Gasteiger charge is 2.25. The zero-order valence-corrected chi connectivity index (χ0v) is 12.8. The minimum atomic E-state index is -0.887. The first-order valence-electron chi connectivity index (χ1n) is 7.08. The van der Waals surface area contributed by atoms with E-state index in [2.05, 4.69) is 0 Å². The lowest BCUT2D eigenvalue weighted by Gasteiger charge is -2.34. The largest absolute Gasteiger partial charge is 0.342 e. The molecular formula is C15H20F2N2OS. The van der Waals surface area contributed by atoms with Crippen molar-refractivity contribution < 1.29 is 13.6 Å². The molecule has 1 aliphatic rings. The zero-order valence-electron chi connectivity index (χ0n) is 12.0. The van der Waals surface area contributed by atoms with Gasteiger partial charge in [-0.2, -0.15) is 0 Å². The van der Waals surface area contributed by atoms with Crippen molar-refractivity contribution in [1.29, 1.82) is 0 Å². The Kier molecular flexibility index (Phi) is 5.58. The van der Waals surface area contributed by atoms with Gasteiger partial charge in [-0.3, -0.25) is 4.79 Å². The van der Waals surface area contributed by atoms with E-state index in [9.17, 15) is 13.6 Å². The van der Waals surface area contributed by atoms with Crippen LogP contribution in [0.15, 0.2) is 23.1 Å². The Morgan fingerprint density at radius 3 is 2.90 bits per heavy atom. The summed E-state index contributed by atoms with van der Waals surface area (Å²) in [6.07, 6.45) is 2.02. The molecule has 0 bridgehead atoms. The highest BCUT2D eigenvalue weighted by atomic mass is 32.2. The van der Waals surface area contributed by atoms with E-state index in [1.54, 1.807) is 0 Å². The van der Waals surface area contributed by atoms with Crippen molar-refractivity contribution in [3.8, 4) is 0 Å². The fourth-order valence-electron chi connectivity index (χ4n) is 2.47. The molecule has 1 amide bonds. The van der Waals surface area contributed by atoms with Crippen molar-refractivity contribution in [2.45, 2.75) is 30.7 Å². The molecule has 0 spiro atoms. The fraction of sp³-hybridized carbons (Fsp3) is 0.533. The Balaban J connectivity index is 1.87. The van der Waals surface area contributed by atoms with Crippen LogP contribution in [0.5, 0.6) is 0 Å². The molecule has 2 atom stereocenters. The van der Waals surface area contributed by atoms with Gasteiger partial charge in [0.2, 0.25) is 5.91 Å². The fourth-order valence-corrected chi connectivity index (χ4v) is 3.29. The topological polar surface area (TPSA) is 46.3 Å². The van der Waals surface area contributed by atoms with Crippen molar-refractivity contribution >= 4 is 17.7 Å². The van der Waals surface area contributed by atoms with E-state index in [1.165, 1.54) is 17.8 Å².